The fourth-order valence-electron chi connectivity index (χ4n) is 4.21. The van der Waals surface area contributed by atoms with Crippen LogP contribution in [0.5, 0.6) is 11.5 Å². The normalized spacial score (nSPS) is 20.2. The molecule has 1 saturated heterocycles. The average Bonchev–Trinajstić information content (AvgIpc) is 3.49. The number of anilines is 1. The molecule has 0 bridgehead atoms. The molecule has 2 aromatic carbocycles. The van der Waals surface area contributed by atoms with Gasteiger partial charge in [-0.1, -0.05) is 12.1 Å². The summed E-state index contributed by atoms with van der Waals surface area (Å²) >= 11 is 0. The van der Waals surface area contributed by atoms with Gasteiger partial charge < -0.3 is 19.4 Å². The van der Waals surface area contributed by atoms with Crippen molar-refractivity contribution >= 4 is 11.6 Å². The summed E-state index contributed by atoms with van der Waals surface area (Å²) in [5.41, 5.74) is 2.52. The lowest BCUT2D eigenvalue weighted by Gasteiger charge is -2.24. The number of fused-ring (bicyclic) bond motifs is 1. The zero-order valence-corrected chi connectivity index (χ0v) is 17.1. The summed E-state index contributed by atoms with van der Waals surface area (Å²) in [6.07, 6.45) is 2.75. The Morgan fingerprint density at radius 3 is 2.84 bits per heavy atom. The Balaban J connectivity index is 1.29. The van der Waals surface area contributed by atoms with E-state index in [-0.39, 0.29) is 25.7 Å². The van der Waals surface area contributed by atoms with Gasteiger partial charge in [-0.3, -0.25) is 9.69 Å². The van der Waals surface area contributed by atoms with Crippen LogP contribution in [-0.4, -0.2) is 45.9 Å². The van der Waals surface area contributed by atoms with E-state index in [0.29, 0.717) is 23.7 Å². The average molecular weight is 422 g/mol. The fraction of sp³-hybridized carbons (Fsp3) is 0.304. The molecule has 5 rings (SSSR count). The molecule has 3 aromatic rings. The Hall–Kier alpha value is -3.39. The van der Waals surface area contributed by atoms with Crippen molar-refractivity contribution in [1.82, 2.24) is 14.5 Å². The minimum atomic E-state index is -1.05. The molecule has 8 heteroatoms. The molecule has 1 aromatic heterocycles. The highest BCUT2D eigenvalue weighted by Crippen LogP contribution is 2.37. The number of hydrogen-bond donors (Lipinski definition) is 1. The maximum absolute atomic E-state index is 14.3. The number of nitrogens with one attached hydrogen (secondary N) is 1. The molecule has 0 aliphatic carbocycles. The molecule has 2 aliphatic rings. The lowest BCUT2D eigenvalue weighted by atomic mass is 10.1. The van der Waals surface area contributed by atoms with E-state index in [1.165, 1.54) is 0 Å². The second kappa shape index (κ2) is 8.03. The zero-order valence-electron chi connectivity index (χ0n) is 17.1. The molecule has 1 fully saturated rings. The van der Waals surface area contributed by atoms with E-state index in [2.05, 4.69) is 10.3 Å². The van der Waals surface area contributed by atoms with Gasteiger partial charge in [0, 0.05) is 48.8 Å². The largest absolute Gasteiger partial charge is 0.454 e. The number of alkyl halides is 1. The molecule has 2 aliphatic heterocycles. The molecule has 0 unspecified atom stereocenters. The summed E-state index contributed by atoms with van der Waals surface area (Å²) in [5.74, 6) is 2.03. The van der Waals surface area contributed by atoms with Gasteiger partial charge >= 0.3 is 0 Å². The van der Waals surface area contributed by atoms with E-state index >= 15 is 0 Å². The third-order valence-corrected chi connectivity index (χ3v) is 5.75. The first-order valence-electron chi connectivity index (χ1n) is 10.3. The van der Waals surface area contributed by atoms with Crippen LogP contribution in [0.3, 0.4) is 0 Å². The van der Waals surface area contributed by atoms with Crippen molar-refractivity contribution in [1.29, 1.82) is 0 Å². The second-order valence-electron chi connectivity index (χ2n) is 7.81. The van der Waals surface area contributed by atoms with Gasteiger partial charge in [-0.15, -0.1) is 0 Å². The maximum atomic E-state index is 14.3. The molecular weight excluding hydrogens is 399 g/mol. The molecule has 1 N–H and O–H groups in total. The third-order valence-electron chi connectivity index (χ3n) is 5.75. The van der Waals surface area contributed by atoms with Crippen molar-refractivity contribution in [2.24, 2.45) is 0 Å². The number of carbonyl (C=O) groups is 1. The summed E-state index contributed by atoms with van der Waals surface area (Å²) in [6, 6.07) is 12.6. The number of aromatic nitrogens is 2. The standard InChI is InChI=1S/C23H23FN4O3/c1-15-25-9-10-28(15)19-7-5-18(6-8-19)26-23(29)20-11-17(24)13-27(20)12-16-3-2-4-21-22(16)31-14-30-21/h2-10,17,20H,11-14H2,1H3,(H,26,29)/t17-,20+/m0/s1. The van der Waals surface area contributed by atoms with Gasteiger partial charge in [0.25, 0.3) is 0 Å². The first kappa shape index (κ1) is 19.6. The van der Waals surface area contributed by atoms with Crippen molar-refractivity contribution in [2.75, 3.05) is 18.7 Å². The van der Waals surface area contributed by atoms with Crippen LogP contribution < -0.4 is 14.8 Å². The number of nitrogens with zero attached hydrogens (tertiary/aromatic N) is 3. The number of likely N-dealkylation sites (tertiary alicyclic amines) is 1. The lowest BCUT2D eigenvalue weighted by Crippen LogP contribution is -2.39. The summed E-state index contributed by atoms with van der Waals surface area (Å²) < 4.78 is 27.2. The molecule has 0 radical (unpaired) electrons. The quantitative estimate of drug-likeness (QED) is 0.682. The van der Waals surface area contributed by atoms with E-state index in [0.717, 1.165) is 17.1 Å². The Morgan fingerprint density at radius 1 is 1.23 bits per heavy atom. The third kappa shape index (κ3) is 3.86. The van der Waals surface area contributed by atoms with Crippen LogP contribution in [0.1, 0.15) is 17.8 Å². The highest BCUT2D eigenvalue weighted by atomic mass is 19.1. The van der Waals surface area contributed by atoms with E-state index < -0.39 is 12.2 Å². The maximum Gasteiger partial charge on any atom is 0.241 e. The van der Waals surface area contributed by atoms with Crippen molar-refractivity contribution in [3.63, 3.8) is 0 Å². The lowest BCUT2D eigenvalue weighted by molar-refractivity contribution is -0.120. The van der Waals surface area contributed by atoms with Crippen LogP contribution in [0.15, 0.2) is 54.9 Å². The minimum Gasteiger partial charge on any atom is -0.454 e. The number of amides is 1. The highest BCUT2D eigenvalue weighted by Gasteiger charge is 2.37. The molecule has 31 heavy (non-hydrogen) atoms. The first-order chi connectivity index (χ1) is 15.1. The topological polar surface area (TPSA) is 68.6 Å². The van der Waals surface area contributed by atoms with Crippen LogP contribution in [0.4, 0.5) is 10.1 Å². The van der Waals surface area contributed by atoms with Crippen molar-refractivity contribution in [2.45, 2.75) is 32.1 Å². The Kier molecular flexibility index (Phi) is 5.07. The fourth-order valence-corrected chi connectivity index (χ4v) is 4.21. The van der Waals surface area contributed by atoms with E-state index in [9.17, 15) is 9.18 Å². The van der Waals surface area contributed by atoms with Crippen LogP contribution in [-0.2, 0) is 11.3 Å². The monoisotopic (exact) mass is 422 g/mol. The van der Waals surface area contributed by atoms with Crippen molar-refractivity contribution in [3.05, 3.63) is 66.2 Å². The number of carbonyl (C=O) groups excluding carboxylic acids is 1. The Labute approximate surface area is 179 Å². The van der Waals surface area contributed by atoms with Gasteiger partial charge in [-0.25, -0.2) is 9.37 Å². The van der Waals surface area contributed by atoms with Crippen LogP contribution >= 0.6 is 0 Å². The van der Waals surface area contributed by atoms with Crippen molar-refractivity contribution < 1.29 is 18.7 Å². The molecule has 3 heterocycles. The number of para-hydroxylation sites is 1. The minimum absolute atomic E-state index is 0.171. The zero-order chi connectivity index (χ0) is 21.4. The predicted octanol–water partition coefficient (Wildman–Crippen LogP) is 3.46. The van der Waals surface area contributed by atoms with E-state index in [4.69, 9.17) is 9.47 Å². The number of halogens is 1. The molecule has 0 saturated carbocycles. The van der Waals surface area contributed by atoms with Gasteiger partial charge in [0.15, 0.2) is 11.5 Å². The van der Waals surface area contributed by atoms with Gasteiger partial charge in [0.05, 0.1) is 6.04 Å². The number of ether oxygens (including phenoxy) is 2. The Morgan fingerprint density at radius 2 is 2.06 bits per heavy atom. The van der Waals surface area contributed by atoms with Gasteiger partial charge in [0.1, 0.15) is 12.0 Å². The van der Waals surface area contributed by atoms with Crippen molar-refractivity contribution in [3.8, 4) is 17.2 Å². The number of imidazole rings is 1. The highest BCUT2D eigenvalue weighted by molar-refractivity contribution is 5.95. The Bertz CT molecular complexity index is 1100. The first-order valence-corrected chi connectivity index (χ1v) is 10.3. The molecule has 7 nitrogen and oxygen atoms in total. The number of benzene rings is 2. The summed E-state index contributed by atoms with van der Waals surface area (Å²) in [4.78, 5) is 19.1. The molecule has 0 spiro atoms. The molecular formula is C23H23FN4O3. The SMILES string of the molecule is Cc1nccn1-c1ccc(NC(=O)[C@H]2C[C@H](F)CN2Cc2cccc3c2OCO3)cc1. The smallest absolute Gasteiger partial charge is 0.241 e. The van der Waals surface area contributed by atoms with Gasteiger partial charge in [0.2, 0.25) is 12.7 Å². The number of aryl methyl sites for hydroxylation is 1. The van der Waals surface area contributed by atoms with Crippen LogP contribution in [0, 0.1) is 6.92 Å². The number of hydrogen-bond acceptors (Lipinski definition) is 5. The number of rotatable bonds is 5. The van der Waals surface area contributed by atoms with Crippen LogP contribution in [0.25, 0.3) is 5.69 Å². The molecule has 160 valence electrons. The van der Waals surface area contributed by atoms with E-state index in [1.807, 2.05) is 65.1 Å². The summed E-state index contributed by atoms with van der Waals surface area (Å²) in [6.45, 7) is 2.74. The molecule has 2 atom stereocenters. The summed E-state index contributed by atoms with van der Waals surface area (Å²) in [7, 11) is 0. The van der Waals surface area contributed by atoms with E-state index in [1.54, 1.807) is 6.20 Å². The van der Waals surface area contributed by atoms with Gasteiger partial charge in [-0.2, -0.15) is 0 Å². The van der Waals surface area contributed by atoms with Crippen LogP contribution in [0.2, 0.25) is 0 Å². The summed E-state index contributed by atoms with van der Waals surface area (Å²) in [5, 5.41) is 2.93. The molecule has 1 amide bonds. The second-order valence-corrected chi connectivity index (χ2v) is 7.81. The predicted molar refractivity (Wildman–Crippen MR) is 113 cm³/mol. The van der Waals surface area contributed by atoms with Gasteiger partial charge in [-0.05, 0) is 37.3 Å².